The molecule has 1 aromatic rings. The molecule has 0 radical (unpaired) electrons. The fourth-order valence-electron chi connectivity index (χ4n) is 0.532. The molecule has 0 saturated heterocycles. The van der Waals surface area contributed by atoms with Crippen molar-refractivity contribution in [2.45, 2.75) is 0 Å². The van der Waals surface area contributed by atoms with Crippen molar-refractivity contribution in [3.05, 3.63) is 18.6 Å². The van der Waals surface area contributed by atoms with Gasteiger partial charge in [0, 0.05) is 12.4 Å². The molecule has 0 saturated carbocycles. The second-order valence-corrected chi connectivity index (χ2v) is 1.78. The van der Waals surface area contributed by atoms with Gasteiger partial charge in [0.1, 0.15) is 0 Å². The van der Waals surface area contributed by atoms with Crippen LogP contribution in [0.25, 0.3) is 0 Å². The van der Waals surface area contributed by atoms with Crippen molar-refractivity contribution in [1.82, 2.24) is 9.97 Å². The Bertz CT molecular complexity index is 267. The molecule has 62 valence electrons. The normalized spacial score (nSPS) is 11.0. The van der Waals surface area contributed by atoms with Gasteiger partial charge in [0.2, 0.25) is 0 Å². The summed E-state index contributed by atoms with van der Waals surface area (Å²) >= 11 is 0. The van der Waals surface area contributed by atoms with Crippen LogP contribution in [-0.4, -0.2) is 22.4 Å². The second kappa shape index (κ2) is 4.78. The molecule has 1 heterocycles. The highest BCUT2D eigenvalue weighted by atomic mass is 15.3. The van der Waals surface area contributed by atoms with Crippen molar-refractivity contribution in [2.24, 2.45) is 16.0 Å². The first-order valence-corrected chi connectivity index (χ1v) is 3.20. The molecule has 0 atom stereocenters. The van der Waals surface area contributed by atoms with Crippen molar-refractivity contribution in [3.8, 4) is 0 Å². The molecule has 6 heteroatoms. The lowest BCUT2D eigenvalue weighted by Crippen LogP contribution is -1.93. The van der Waals surface area contributed by atoms with Crippen LogP contribution < -0.4 is 11.3 Å². The number of anilines is 1. The topological polar surface area (TPSA) is 88.5 Å². The number of hydrogen-bond donors (Lipinski definition) is 2. The van der Waals surface area contributed by atoms with Gasteiger partial charge in [0.25, 0.3) is 0 Å². The van der Waals surface area contributed by atoms with Crippen molar-refractivity contribution >= 4 is 18.2 Å². The molecule has 0 aliphatic heterocycles. The lowest BCUT2D eigenvalue weighted by Gasteiger charge is -1.94. The summed E-state index contributed by atoms with van der Waals surface area (Å²) in [5, 5.41) is 6.94. The van der Waals surface area contributed by atoms with Crippen molar-refractivity contribution < 1.29 is 0 Å². The minimum Gasteiger partial charge on any atom is -0.323 e. The Morgan fingerprint density at radius 1 is 1.42 bits per heavy atom. The van der Waals surface area contributed by atoms with E-state index in [2.05, 4.69) is 25.6 Å². The molecule has 0 aliphatic rings. The maximum Gasteiger partial charge on any atom is 0.164 e. The number of aromatic nitrogens is 2. The highest BCUT2D eigenvalue weighted by Crippen LogP contribution is 1.94. The Hall–Kier alpha value is -1.98. The van der Waals surface area contributed by atoms with E-state index < -0.39 is 0 Å². The van der Waals surface area contributed by atoms with Crippen LogP contribution in [0.2, 0.25) is 0 Å². The van der Waals surface area contributed by atoms with Crippen LogP contribution in [0.1, 0.15) is 0 Å². The molecule has 0 unspecified atom stereocenters. The molecule has 0 aromatic carbocycles. The van der Waals surface area contributed by atoms with Crippen molar-refractivity contribution in [3.63, 3.8) is 0 Å². The molecule has 6 nitrogen and oxygen atoms in total. The molecule has 0 aliphatic carbocycles. The maximum absolute atomic E-state index is 4.83. The first kappa shape index (κ1) is 8.12. The third kappa shape index (κ3) is 2.74. The molecular formula is C6H8N6. The highest BCUT2D eigenvalue weighted by molar-refractivity contribution is 6.16. The predicted molar refractivity (Wildman–Crippen MR) is 46.8 cm³/mol. The Morgan fingerprint density at radius 2 is 2.33 bits per heavy atom. The first-order chi connectivity index (χ1) is 5.93. The van der Waals surface area contributed by atoms with Gasteiger partial charge in [-0.25, -0.2) is 4.98 Å². The van der Waals surface area contributed by atoms with E-state index in [1.807, 2.05) is 0 Å². The number of nitrogens with zero attached hydrogens (tertiary/aromatic N) is 4. The van der Waals surface area contributed by atoms with Crippen LogP contribution >= 0.6 is 0 Å². The first-order valence-electron chi connectivity index (χ1n) is 3.20. The Kier molecular flexibility index (Phi) is 3.23. The minimum atomic E-state index is 0.569. The summed E-state index contributed by atoms with van der Waals surface area (Å²) in [6, 6.07) is 0. The Morgan fingerprint density at radius 3 is 3.00 bits per heavy atom. The average Bonchev–Trinajstić information content (AvgIpc) is 2.14. The lowest BCUT2D eigenvalue weighted by atomic mass is 10.7. The SMILES string of the molecule is NN=CC=NNc1cnccn1. The molecule has 1 aromatic heterocycles. The maximum atomic E-state index is 4.83. The number of rotatable bonds is 3. The van der Waals surface area contributed by atoms with E-state index in [1.54, 1.807) is 18.6 Å². The minimum absolute atomic E-state index is 0.569. The van der Waals surface area contributed by atoms with Gasteiger partial charge in [-0.3, -0.25) is 10.4 Å². The van der Waals surface area contributed by atoms with Gasteiger partial charge in [0.15, 0.2) is 5.82 Å². The third-order valence-corrected chi connectivity index (χ3v) is 0.970. The van der Waals surface area contributed by atoms with E-state index in [0.717, 1.165) is 0 Å². The van der Waals surface area contributed by atoms with Crippen LogP contribution in [-0.2, 0) is 0 Å². The van der Waals surface area contributed by atoms with E-state index in [1.165, 1.54) is 12.4 Å². The van der Waals surface area contributed by atoms with Crippen molar-refractivity contribution in [1.29, 1.82) is 0 Å². The van der Waals surface area contributed by atoms with Crippen LogP contribution in [0.3, 0.4) is 0 Å². The van der Waals surface area contributed by atoms with Crippen LogP contribution in [0.15, 0.2) is 28.8 Å². The fraction of sp³-hybridized carbons (Fsp3) is 0. The number of nitrogens with two attached hydrogens (primary N) is 1. The Balaban J connectivity index is 2.43. The molecule has 0 spiro atoms. The summed E-state index contributed by atoms with van der Waals surface area (Å²) in [6.07, 6.45) is 7.46. The van der Waals surface area contributed by atoms with E-state index in [-0.39, 0.29) is 0 Å². The van der Waals surface area contributed by atoms with Gasteiger partial charge in [0.05, 0.1) is 18.6 Å². The molecule has 3 N–H and O–H groups in total. The van der Waals surface area contributed by atoms with E-state index in [4.69, 9.17) is 5.84 Å². The average molecular weight is 164 g/mol. The highest BCUT2D eigenvalue weighted by Gasteiger charge is 1.84. The zero-order chi connectivity index (χ0) is 8.65. The monoisotopic (exact) mass is 164 g/mol. The standard InChI is InChI=1S/C6H8N6/c7-10-3-4-11-12-6-5-8-1-2-9-6/h1-5H,7H2,(H,9,12). The van der Waals surface area contributed by atoms with Gasteiger partial charge in [-0.1, -0.05) is 0 Å². The Labute approximate surface area is 69.2 Å². The largest absolute Gasteiger partial charge is 0.323 e. The summed E-state index contributed by atoms with van der Waals surface area (Å²) < 4.78 is 0. The van der Waals surface area contributed by atoms with E-state index in [0.29, 0.717) is 5.82 Å². The van der Waals surface area contributed by atoms with Crippen LogP contribution in [0.5, 0.6) is 0 Å². The van der Waals surface area contributed by atoms with Gasteiger partial charge in [-0.15, -0.1) is 0 Å². The number of hydrazone groups is 2. The number of nitrogens with one attached hydrogen (secondary N) is 1. The smallest absolute Gasteiger partial charge is 0.164 e. The molecule has 12 heavy (non-hydrogen) atoms. The summed E-state index contributed by atoms with van der Waals surface area (Å²) in [7, 11) is 0. The quantitative estimate of drug-likeness (QED) is 0.368. The van der Waals surface area contributed by atoms with Gasteiger partial charge in [-0.05, 0) is 0 Å². The molecule has 0 fully saturated rings. The summed E-state index contributed by atoms with van der Waals surface area (Å²) in [4.78, 5) is 7.74. The van der Waals surface area contributed by atoms with E-state index in [9.17, 15) is 0 Å². The molecule has 0 bridgehead atoms. The van der Waals surface area contributed by atoms with E-state index >= 15 is 0 Å². The fourth-order valence-corrected chi connectivity index (χ4v) is 0.532. The molecule has 1 rings (SSSR count). The summed E-state index contributed by atoms with van der Waals surface area (Å²) in [6.45, 7) is 0. The van der Waals surface area contributed by atoms with Crippen LogP contribution in [0, 0.1) is 0 Å². The zero-order valence-corrected chi connectivity index (χ0v) is 6.25. The zero-order valence-electron chi connectivity index (χ0n) is 6.25. The predicted octanol–water partition coefficient (Wildman–Crippen LogP) is -0.181. The molecule has 0 amide bonds. The van der Waals surface area contributed by atoms with Crippen molar-refractivity contribution in [2.75, 3.05) is 5.43 Å². The molecular weight excluding hydrogens is 156 g/mol. The summed E-state index contributed by atoms with van der Waals surface area (Å²) in [5.41, 5.74) is 2.63. The second-order valence-electron chi connectivity index (χ2n) is 1.78. The van der Waals surface area contributed by atoms with Gasteiger partial charge in [-0.2, -0.15) is 10.2 Å². The van der Waals surface area contributed by atoms with Gasteiger partial charge >= 0.3 is 0 Å². The lowest BCUT2D eigenvalue weighted by molar-refractivity contribution is 1.16. The summed E-state index contributed by atoms with van der Waals surface area (Å²) in [5.74, 6) is 5.40. The van der Waals surface area contributed by atoms with Gasteiger partial charge < -0.3 is 5.84 Å². The van der Waals surface area contributed by atoms with Crippen LogP contribution in [0.4, 0.5) is 5.82 Å². The third-order valence-electron chi connectivity index (χ3n) is 0.970. The number of hydrogen-bond acceptors (Lipinski definition) is 6.